The van der Waals surface area contributed by atoms with Crippen molar-refractivity contribution in [1.82, 2.24) is 10.2 Å². The Morgan fingerprint density at radius 2 is 2.12 bits per heavy atom. The van der Waals surface area contributed by atoms with Crippen LogP contribution in [0.1, 0.15) is 52.1 Å². The standard InChI is InChI=1S/C18H27N3O4/c1-5-7-16(13-8-6-9-15(10-13)21(23)24)19-14-11-20(12-14)17(22)25-18(2,3)4/h6,8-10,14,16,19H,5,7,11-12H2,1-4H3. The first-order chi connectivity index (χ1) is 11.7. The van der Waals surface area contributed by atoms with E-state index in [9.17, 15) is 14.9 Å². The van der Waals surface area contributed by atoms with Crippen LogP contribution in [0.5, 0.6) is 0 Å². The summed E-state index contributed by atoms with van der Waals surface area (Å²) in [4.78, 5) is 24.3. The minimum Gasteiger partial charge on any atom is -0.444 e. The lowest BCUT2D eigenvalue weighted by Crippen LogP contribution is -2.61. The second-order valence-electron chi connectivity index (χ2n) is 7.44. The second-order valence-corrected chi connectivity index (χ2v) is 7.44. The highest BCUT2D eigenvalue weighted by Crippen LogP contribution is 2.25. The summed E-state index contributed by atoms with van der Waals surface area (Å²) in [6.07, 6.45) is 1.54. The van der Waals surface area contributed by atoms with Crippen LogP contribution >= 0.6 is 0 Å². The minimum absolute atomic E-state index is 0.0377. The topological polar surface area (TPSA) is 84.7 Å². The number of hydrogen-bond donors (Lipinski definition) is 1. The molecular formula is C18H27N3O4. The van der Waals surface area contributed by atoms with Crippen molar-refractivity contribution in [2.24, 2.45) is 0 Å². The SMILES string of the molecule is CCCC(NC1CN(C(=O)OC(C)(C)C)C1)c1cccc([N+](=O)[O-])c1. The van der Waals surface area contributed by atoms with Crippen LogP contribution in [0, 0.1) is 10.1 Å². The molecule has 0 aromatic heterocycles. The molecule has 1 fully saturated rings. The molecular weight excluding hydrogens is 322 g/mol. The lowest BCUT2D eigenvalue weighted by molar-refractivity contribution is -0.384. The molecule has 25 heavy (non-hydrogen) atoms. The fraction of sp³-hybridized carbons (Fsp3) is 0.611. The Kier molecular flexibility index (Phi) is 6.00. The molecule has 1 aliphatic rings. The Hall–Kier alpha value is -2.15. The molecule has 1 N–H and O–H groups in total. The Morgan fingerprint density at radius 3 is 2.68 bits per heavy atom. The molecule has 1 unspecified atom stereocenters. The van der Waals surface area contributed by atoms with Crippen molar-refractivity contribution in [1.29, 1.82) is 0 Å². The van der Waals surface area contributed by atoms with Crippen LogP contribution < -0.4 is 5.32 Å². The first-order valence-corrected chi connectivity index (χ1v) is 8.68. The molecule has 0 saturated carbocycles. The molecule has 1 aliphatic heterocycles. The molecule has 0 aliphatic carbocycles. The quantitative estimate of drug-likeness (QED) is 0.626. The Bertz CT molecular complexity index is 621. The van der Waals surface area contributed by atoms with E-state index in [0.717, 1.165) is 18.4 Å². The number of rotatable bonds is 6. The van der Waals surface area contributed by atoms with Gasteiger partial charge in [-0.3, -0.25) is 10.1 Å². The van der Waals surface area contributed by atoms with E-state index in [0.29, 0.717) is 13.1 Å². The zero-order valence-electron chi connectivity index (χ0n) is 15.3. The molecule has 1 atom stereocenters. The highest BCUT2D eigenvalue weighted by atomic mass is 16.6. The molecule has 1 amide bonds. The van der Waals surface area contributed by atoms with Crippen LogP contribution in [0.15, 0.2) is 24.3 Å². The van der Waals surface area contributed by atoms with Gasteiger partial charge in [0.25, 0.3) is 5.69 Å². The predicted molar refractivity (Wildman–Crippen MR) is 95.5 cm³/mol. The maximum atomic E-state index is 12.0. The molecule has 7 nitrogen and oxygen atoms in total. The van der Waals surface area contributed by atoms with Gasteiger partial charge in [-0.05, 0) is 32.8 Å². The number of amides is 1. The van der Waals surface area contributed by atoms with Crippen molar-refractivity contribution in [3.8, 4) is 0 Å². The number of nitrogens with zero attached hydrogens (tertiary/aromatic N) is 2. The summed E-state index contributed by atoms with van der Waals surface area (Å²) < 4.78 is 5.35. The molecule has 0 radical (unpaired) electrons. The summed E-state index contributed by atoms with van der Waals surface area (Å²) in [6.45, 7) is 8.80. The van der Waals surface area contributed by atoms with Crippen LogP contribution in [-0.2, 0) is 4.74 Å². The monoisotopic (exact) mass is 349 g/mol. The van der Waals surface area contributed by atoms with Gasteiger partial charge in [0.1, 0.15) is 5.60 Å². The first-order valence-electron chi connectivity index (χ1n) is 8.68. The van der Waals surface area contributed by atoms with E-state index in [4.69, 9.17) is 4.74 Å². The second kappa shape index (κ2) is 7.82. The predicted octanol–water partition coefficient (Wildman–Crippen LogP) is 3.64. The highest BCUT2D eigenvalue weighted by molar-refractivity contribution is 5.69. The van der Waals surface area contributed by atoms with Crippen LogP contribution in [-0.4, -0.2) is 40.6 Å². The molecule has 7 heteroatoms. The summed E-state index contributed by atoms with van der Waals surface area (Å²) in [7, 11) is 0. The van der Waals surface area contributed by atoms with E-state index in [2.05, 4.69) is 12.2 Å². The average Bonchev–Trinajstić information content (AvgIpc) is 2.47. The van der Waals surface area contributed by atoms with Gasteiger partial charge in [-0.25, -0.2) is 4.79 Å². The van der Waals surface area contributed by atoms with E-state index in [-0.39, 0.29) is 28.8 Å². The van der Waals surface area contributed by atoms with Crippen molar-refractivity contribution < 1.29 is 14.5 Å². The fourth-order valence-corrected chi connectivity index (χ4v) is 2.83. The number of carbonyl (C=O) groups excluding carboxylic acids is 1. The van der Waals surface area contributed by atoms with Crippen molar-refractivity contribution >= 4 is 11.8 Å². The number of benzene rings is 1. The van der Waals surface area contributed by atoms with E-state index < -0.39 is 5.60 Å². The maximum absolute atomic E-state index is 12.0. The zero-order chi connectivity index (χ0) is 18.6. The third-order valence-electron chi connectivity index (χ3n) is 4.03. The zero-order valence-corrected chi connectivity index (χ0v) is 15.3. The number of nitrogens with one attached hydrogen (secondary N) is 1. The lowest BCUT2D eigenvalue weighted by atomic mass is 9.99. The molecule has 1 aromatic carbocycles. The van der Waals surface area contributed by atoms with Crippen LogP contribution in [0.2, 0.25) is 0 Å². The summed E-state index contributed by atoms with van der Waals surface area (Å²) in [6, 6.07) is 6.95. The van der Waals surface area contributed by atoms with Gasteiger partial charge in [0.05, 0.1) is 4.92 Å². The van der Waals surface area contributed by atoms with E-state index >= 15 is 0 Å². The smallest absolute Gasteiger partial charge is 0.410 e. The molecule has 138 valence electrons. The lowest BCUT2D eigenvalue weighted by Gasteiger charge is -2.41. The summed E-state index contributed by atoms with van der Waals surface area (Å²) in [5, 5.41) is 14.5. The van der Waals surface area contributed by atoms with Gasteiger partial charge in [0.15, 0.2) is 0 Å². The number of ether oxygens (including phenoxy) is 1. The largest absolute Gasteiger partial charge is 0.444 e. The number of nitro benzene ring substituents is 1. The van der Waals surface area contributed by atoms with Gasteiger partial charge >= 0.3 is 6.09 Å². The van der Waals surface area contributed by atoms with Gasteiger partial charge in [0.2, 0.25) is 0 Å². The van der Waals surface area contributed by atoms with E-state index in [1.165, 1.54) is 6.07 Å². The van der Waals surface area contributed by atoms with Crippen LogP contribution in [0.25, 0.3) is 0 Å². The number of likely N-dealkylation sites (tertiary alicyclic amines) is 1. The molecule has 1 heterocycles. The molecule has 1 saturated heterocycles. The first kappa shape index (κ1) is 19.2. The summed E-state index contributed by atoms with van der Waals surface area (Å²) in [5.41, 5.74) is 0.514. The van der Waals surface area contributed by atoms with Crippen molar-refractivity contribution in [2.75, 3.05) is 13.1 Å². The minimum atomic E-state index is -0.497. The van der Waals surface area contributed by atoms with Gasteiger partial charge in [-0.2, -0.15) is 0 Å². The van der Waals surface area contributed by atoms with Crippen LogP contribution in [0.3, 0.4) is 0 Å². The third-order valence-corrected chi connectivity index (χ3v) is 4.03. The maximum Gasteiger partial charge on any atom is 0.410 e. The fourth-order valence-electron chi connectivity index (χ4n) is 2.83. The Balaban J connectivity index is 1.94. The normalized spacial score (nSPS) is 16.2. The third kappa shape index (κ3) is 5.42. The van der Waals surface area contributed by atoms with Gasteiger partial charge in [0, 0.05) is 37.3 Å². The average molecular weight is 349 g/mol. The van der Waals surface area contributed by atoms with Crippen molar-refractivity contribution in [3.05, 3.63) is 39.9 Å². The van der Waals surface area contributed by atoms with Gasteiger partial charge in [-0.15, -0.1) is 0 Å². The van der Waals surface area contributed by atoms with Crippen LogP contribution in [0.4, 0.5) is 10.5 Å². The van der Waals surface area contributed by atoms with E-state index in [1.54, 1.807) is 17.0 Å². The molecule has 2 rings (SSSR count). The van der Waals surface area contributed by atoms with Crippen molar-refractivity contribution in [2.45, 2.75) is 58.2 Å². The highest BCUT2D eigenvalue weighted by Gasteiger charge is 2.34. The molecule has 0 bridgehead atoms. The number of hydrogen-bond acceptors (Lipinski definition) is 5. The molecule has 1 aromatic rings. The van der Waals surface area contributed by atoms with Gasteiger partial charge in [-0.1, -0.05) is 25.5 Å². The summed E-state index contributed by atoms with van der Waals surface area (Å²) >= 11 is 0. The van der Waals surface area contributed by atoms with Gasteiger partial charge < -0.3 is 15.0 Å². The summed E-state index contributed by atoms with van der Waals surface area (Å²) in [5.74, 6) is 0. The number of carbonyl (C=O) groups is 1. The Morgan fingerprint density at radius 1 is 1.44 bits per heavy atom. The van der Waals surface area contributed by atoms with Crippen molar-refractivity contribution in [3.63, 3.8) is 0 Å². The number of non-ortho nitro benzene ring substituents is 1. The Labute approximate surface area is 148 Å². The number of nitro groups is 1. The van der Waals surface area contributed by atoms with E-state index in [1.807, 2.05) is 26.8 Å². The molecule has 0 spiro atoms.